The lowest BCUT2D eigenvalue weighted by Gasteiger charge is -2.08. The Balaban J connectivity index is 2.23. The number of hydrogen-bond donors (Lipinski definition) is 0. The van der Waals surface area contributed by atoms with Crippen LogP contribution in [0.3, 0.4) is 0 Å². The summed E-state index contributed by atoms with van der Waals surface area (Å²) in [6.45, 7) is 1.68. The largest absolute Gasteiger partial charge is 0.482 e. The quantitative estimate of drug-likeness (QED) is 0.461. The van der Waals surface area contributed by atoms with Gasteiger partial charge in [0.05, 0.1) is 4.92 Å². The van der Waals surface area contributed by atoms with Crippen molar-refractivity contribution in [3.8, 4) is 5.75 Å². The molecule has 2 aromatic rings. The minimum Gasteiger partial charge on any atom is -0.482 e. The number of ketones is 1. The third kappa shape index (κ3) is 3.66. The standard InChI is InChI=1S/C16H14FNO4/c1-2-15(19)12-6-7-16(14(9-12)18(20)21)22-10-11-4-3-5-13(17)8-11/h3-9H,2,10H2,1H3. The van der Waals surface area contributed by atoms with Gasteiger partial charge in [0.1, 0.15) is 12.4 Å². The highest BCUT2D eigenvalue weighted by molar-refractivity contribution is 5.96. The fourth-order valence-electron chi connectivity index (χ4n) is 1.95. The average molecular weight is 303 g/mol. The van der Waals surface area contributed by atoms with E-state index in [9.17, 15) is 19.3 Å². The Labute approximate surface area is 126 Å². The number of nitro groups is 1. The number of rotatable bonds is 6. The lowest BCUT2D eigenvalue weighted by atomic mass is 10.1. The summed E-state index contributed by atoms with van der Waals surface area (Å²) in [6.07, 6.45) is 0.265. The number of halogens is 1. The number of nitro benzene ring substituents is 1. The van der Waals surface area contributed by atoms with E-state index in [-0.39, 0.29) is 35.8 Å². The van der Waals surface area contributed by atoms with Crippen molar-refractivity contribution in [2.45, 2.75) is 20.0 Å². The molecule has 22 heavy (non-hydrogen) atoms. The van der Waals surface area contributed by atoms with E-state index in [4.69, 9.17) is 4.74 Å². The summed E-state index contributed by atoms with van der Waals surface area (Å²) >= 11 is 0. The average Bonchev–Trinajstić information content (AvgIpc) is 2.52. The Hall–Kier alpha value is -2.76. The third-order valence-electron chi connectivity index (χ3n) is 3.08. The highest BCUT2D eigenvalue weighted by Crippen LogP contribution is 2.29. The molecule has 0 N–H and O–H groups in total. The van der Waals surface area contributed by atoms with Crippen molar-refractivity contribution in [1.29, 1.82) is 0 Å². The Morgan fingerprint density at radius 3 is 2.68 bits per heavy atom. The minimum absolute atomic E-state index is 0.000327. The first-order valence-electron chi connectivity index (χ1n) is 6.70. The van der Waals surface area contributed by atoms with Crippen molar-refractivity contribution in [2.75, 3.05) is 0 Å². The third-order valence-corrected chi connectivity index (χ3v) is 3.08. The molecule has 0 amide bonds. The van der Waals surface area contributed by atoms with Gasteiger partial charge in [-0.05, 0) is 29.8 Å². The molecular formula is C16H14FNO4. The van der Waals surface area contributed by atoms with Crippen molar-refractivity contribution in [1.82, 2.24) is 0 Å². The van der Waals surface area contributed by atoms with Crippen LogP contribution in [0.5, 0.6) is 5.75 Å². The Kier molecular flexibility index (Phi) is 4.83. The lowest BCUT2D eigenvalue weighted by Crippen LogP contribution is -2.02. The topological polar surface area (TPSA) is 69.4 Å². The molecule has 0 fully saturated rings. The van der Waals surface area contributed by atoms with E-state index in [0.717, 1.165) is 0 Å². The molecule has 0 heterocycles. The maximum absolute atomic E-state index is 13.1. The zero-order chi connectivity index (χ0) is 16.1. The van der Waals surface area contributed by atoms with Crippen molar-refractivity contribution in [3.63, 3.8) is 0 Å². The molecule has 2 aromatic carbocycles. The van der Waals surface area contributed by atoms with Crippen LogP contribution < -0.4 is 4.74 Å². The number of nitrogens with zero attached hydrogens (tertiary/aromatic N) is 1. The minimum atomic E-state index is -0.604. The zero-order valence-corrected chi connectivity index (χ0v) is 11.9. The molecule has 5 nitrogen and oxygen atoms in total. The molecule has 0 aliphatic heterocycles. The summed E-state index contributed by atoms with van der Waals surface area (Å²) in [5.41, 5.74) is 0.547. The molecule has 114 valence electrons. The Morgan fingerprint density at radius 1 is 1.27 bits per heavy atom. The summed E-state index contributed by atoms with van der Waals surface area (Å²) < 4.78 is 18.5. The van der Waals surface area contributed by atoms with Crippen LogP contribution in [0.25, 0.3) is 0 Å². The summed E-state index contributed by atoms with van der Waals surface area (Å²) in [4.78, 5) is 22.1. The van der Waals surface area contributed by atoms with Crippen molar-refractivity contribution < 1.29 is 18.8 Å². The van der Waals surface area contributed by atoms with Crippen LogP contribution in [0.1, 0.15) is 29.3 Å². The Bertz CT molecular complexity index is 715. The second-order valence-corrected chi connectivity index (χ2v) is 4.63. The second kappa shape index (κ2) is 6.80. The Morgan fingerprint density at radius 2 is 2.05 bits per heavy atom. The van der Waals surface area contributed by atoms with Crippen LogP contribution in [-0.2, 0) is 6.61 Å². The molecule has 0 unspecified atom stereocenters. The smallest absolute Gasteiger partial charge is 0.311 e. The van der Waals surface area contributed by atoms with E-state index in [1.54, 1.807) is 13.0 Å². The predicted octanol–water partition coefficient (Wildman–Crippen LogP) is 3.91. The van der Waals surface area contributed by atoms with E-state index in [1.165, 1.54) is 36.4 Å². The molecule has 0 aliphatic carbocycles. The molecule has 0 atom stereocenters. The molecule has 0 aliphatic rings. The van der Waals surface area contributed by atoms with Gasteiger partial charge in [-0.3, -0.25) is 14.9 Å². The van der Waals surface area contributed by atoms with Crippen LogP contribution in [0.15, 0.2) is 42.5 Å². The first-order chi connectivity index (χ1) is 10.5. The number of carbonyl (C=O) groups is 1. The molecule has 0 spiro atoms. The van der Waals surface area contributed by atoms with Gasteiger partial charge in [0.2, 0.25) is 0 Å². The van der Waals surface area contributed by atoms with Gasteiger partial charge in [-0.1, -0.05) is 19.1 Å². The van der Waals surface area contributed by atoms with Gasteiger partial charge in [0.25, 0.3) is 0 Å². The molecule has 0 saturated heterocycles. The highest BCUT2D eigenvalue weighted by atomic mass is 19.1. The lowest BCUT2D eigenvalue weighted by molar-refractivity contribution is -0.386. The fourth-order valence-corrected chi connectivity index (χ4v) is 1.95. The molecule has 6 heteroatoms. The van der Waals surface area contributed by atoms with E-state index < -0.39 is 10.7 Å². The van der Waals surface area contributed by atoms with Gasteiger partial charge in [0.15, 0.2) is 11.5 Å². The first-order valence-corrected chi connectivity index (χ1v) is 6.70. The van der Waals surface area contributed by atoms with Crippen LogP contribution in [0, 0.1) is 15.9 Å². The molecular weight excluding hydrogens is 289 g/mol. The van der Waals surface area contributed by atoms with Gasteiger partial charge < -0.3 is 4.74 Å². The molecule has 2 rings (SSSR count). The van der Waals surface area contributed by atoms with Crippen LogP contribution in [0.4, 0.5) is 10.1 Å². The van der Waals surface area contributed by atoms with Crippen LogP contribution in [-0.4, -0.2) is 10.7 Å². The van der Waals surface area contributed by atoms with Gasteiger partial charge in [-0.2, -0.15) is 0 Å². The molecule has 0 saturated carbocycles. The van der Waals surface area contributed by atoms with E-state index >= 15 is 0 Å². The van der Waals surface area contributed by atoms with Gasteiger partial charge in [0, 0.05) is 18.1 Å². The molecule has 0 bridgehead atoms. The van der Waals surface area contributed by atoms with E-state index in [1.807, 2.05) is 0 Å². The monoisotopic (exact) mass is 303 g/mol. The summed E-state index contributed by atoms with van der Waals surface area (Å²) in [6, 6.07) is 9.86. The van der Waals surface area contributed by atoms with Crippen molar-refractivity contribution in [2.24, 2.45) is 0 Å². The first kappa shape index (κ1) is 15.6. The van der Waals surface area contributed by atoms with Gasteiger partial charge in [-0.25, -0.2) is 4.39 Å². The normalized spacial score (nSPS) is 10.3. The van der Waals surface area contributed by atoms with Gasteiger partial charge >= 0.3 is 5.69 Å². The SMILES string of the molecule is CCC(=O)c1ccc(OCc2cccc(F)c2)c([N+](=O)[O-])c1. The van der Waals surface area contributed by atoms with Gasteiger partial charge in [-0.15, -0.1) is 0 Å². The van der Waals surface area contributed by atoms with Crippen molar-refractivity contribution >= 4 is 11.5 Å². The van der Waals surface area contributed by atoms with E-state index in [2.05, 4.69) is 0 Å². The number of carbonyl (C=O) groups excluding carboxylic acids is 1. The second-order valence-electron chi connectivity index (χ2n) is 4.63. The molecule has 0 aromatic heterocycles. The number of hydrogen-bond acceptors (Lipinski definition) is 4. The highest BCUT2D eigenvalue weighted by Gasteiger charge is 2.18. The summed E-state index contributed by atoms with van der Waals surface area (Å²) in [7, 11) is 0. The molecule has 0 radical (unpaired) electrons. The predicted molar refractivity (Wildman–Crippen MR) is 78.4 cm³/mol. The number of ether oxygens (including phenoxy) is 1. The zero-order valence-electron chi connectivity index (χ0n) is 11.9. The maximum atomic E-state index is 13.1. The summed E-state index contributed by atoms with van der Waals surface area (Å²) in [5, 5.41) is 11.1. The summed E-state index contributed by atoms with van der Waals surface area (Å²) in [5.74, 6) is -0.541. The van der Waals surface area contributed by atoms with E-state index in [0.29, 0.717) is 5.56 Å². The number of benzene rings is 2. The number of Topliss-reactive ketones (excluding diaryl/α,β-unsaturated/α-hetero) is 1. The van der Waals surface area contributed by atoms with Crippen molar-refractivity contribution in [3.05, 3.63) is 69.5 Å². The van der Waals surface area contributed by atoms with Crippen LogP contribution >= 0.6 is 0 Å². The maximum Gasteiger partial charge on any atom is 0.311 e. The van der Waals surface area contributed by atoms with Crippen LogP contribution in [0.2, 0.25) is 0 Å². The fraction of sp³-hybridized carbons (Fsp3) is 0.188.